The second-order valence-electron chi connectivity index (χ2n) is 5.66. The van der Waals surface area contributed by atoms with Gasteiger partial charge in [-0.1, -0.05) is 13.8 Å². The number of hydrogen-bond acceptors (Lipinski definition) is 4. The molecule has 7 heteroatoms. The molecule has 0 unspecified atom stereocenters. The summed E-state index contributed by atoms with van der Waals surface area (Å²) in [6.07, 6.45) is 3.71. The molecule has 0 spiro atoms. The summed E-state index contributed by atoms with van der Waals surface area (Å²) in [6, 6.07) is 9.98. The fourth-order valence-electron chi connectivity index (χ4n) is 1.95. The Morgan fingerprint density at radius 3 is 2.08 bits per heavy atom. The fourth-order valence-corrected chi connectivity index (χ4v) is 1.95. The molecular formula is C17H21N5O2. The van der Waals surface area contributed by atoms with Gasteiger partial charge in [-0.2, -0.15) is 0 Å². The molecule has 4 N–H and O–H groups in total. The average molecular weight is 327 g/mol. The first-order valence-corrected chi connectivity index (χ1v) is 7.66. The van der Waals surface area contributed by atoms with Gasteiger partial charge in [0.15, 0.2) is 0 Å². The summed E-state index contributed by atoms with van der Waals surface area (Å²) in [5, 5.41) is 5.50. The Bertz CT molecular complexity index is 671. The molecule has 3 amide bonds. The third-order valence-corrected chi connectivity index (χ3v) is 3.02. The molecule has 7 nitrogen and oxygen atoms in total. The van der Waals surface area contributed by atoms with Gasteiger partial charge in [0.25, 0.3) is 0 Å². The van der Waals surface area contributed by atoms with E-state index in [-0.39, 0.29) is 5.91 Å². The highest BCUT2D eigenvalue weighted by Crippen LogP contribution is 2.14. The Morgan fingerprint density at radius 2 is 1.50 bits per heavy atom. The van der Waals surface area contributed by atoms with Crippen LogP contribution in [0.2, 0.25) is 0 Å². The number of urea groups is 1. The lowest BCUT2D eigenvalue weighted by molar-refractivity contribution is -0.116. The summed E-state index contributed by atoms with van der Waals surface area (Å²) in [7, 11) is 0. The number of aromatic nitrogens is 1. The van der Waals surface area contributed by atoms with Gasteiger partial charge >= 0.3 is 6.03 Å². The van der Waals surface area contributed by atoms with E-state index < -0.39 is 6.03 Å². The molecule has 0 aliphatic rings. The molecule has 126 valence electrons. The molecule has 0 saturated carbocycles. The van der Waals surface area contributed by atoms with Crippen LogP contribution in [0.1, 0.15) is 20.3 Å². The summed E-state index contributed by atoms with van der Waals surface area (Å²) in [5.74, 6) is 0.285. The molecule has 24 heavy (non-hydrogen) atoms. The molecule has 2 aromatic rings. The zero-order valence-corrected chi connectivity index (χ0v) is 13.7. The van der Waals surface area contributed by atoms with E-state index in [0.717, 1.165) is 5.69 Å². The molecule has 0 fully saturated rings. The number of nitrogens with zero attached hydrogens (tertiary/aromatic N) is 1. The molecule has 0 aliphatic carbocycles. The maximum Gasteiger partial charge on any atom is 0.337 e. The maximum absolute atomic E-state index is 11.8. The first-order valence-electron chi connectivity index (χ1n) is 7.66. The van der Waals surface area contributed by atoms with Crippen molar-refractivity contribution in [2.45, 2.75) is 20.3 Å². The number of hydrogen-bond donors (Lipinski definition) is 4. The minimum absolute atomic E-state index is 0.0231. The van der Waals surface area contributed by atoms with Gasteiger partial charge in [0.2, 0.25) is 5.91 Å². The van der Waals surface area contributed by atoms with E-state index in [1.54, 1.807) is 48.8 Å². The fraction of sp³-hybridized carbons (Fsp3) is 0.235. The van der Waals surface area contributed by atoms with Crippen LogP contribution in [-0.2, 0) is 4.79 Å². The van der Waals surface area contributed by atoms with Crippen LogP contribution in [0, 0.1) is 5.92 Å². The minimum atomic E-state index is -0.400. The maximum atomic E-state index is 11.8. The molecule has 0 saturated heterocycles. The molecule has 0 aliphatic heterocycles. The normalized spacial score (nSPS) is 10.1. The van der Waals surface area contributed by atoms with Crippen LogP contribution >= 0.6 is 0 Å². The van der Waals surface area contributed by atoms with Crippen molar-refractivity contribution >= 4 is 29.0 Å². The standard InChI is InChI=1S/C17H21N5O2/c1-12(2)11-16(23)19-13-3-5-14(6-4-13)20-17(24)22-21-15-7-9-18-10-8-15/h3-10,12H,11H2,1-2H3,(H,18,21)(H,19,23)(H2,20,22,24). The van der Waals surface area contributed by atoms with Gasteiger partial charge in [0.1, 0.15) is 0 Å². The van der Waals surface area contributed by atoms with E-state index in [9.17, 15) is 9.59 Å². The second-order valence-corrected chi connectivity index (χ2v) is 5.66. The number of benzene rings is 1. The SMILES string of the molecule is CC(C)CC(=O)Nc1ccc(NC(=O)NNc2ccncc2)cc1. The van der Waals surface area contributed by atoms with Crippen LogP contribution < -0.4 is 21.5 Å². The molecule has 1 aromatic heterocycles. The van der Waals surface area contributed by atoms with Crippen LogP contribution in [-0.4, -0.2) is 16.9 Å². The van der Waals surface area contributed by atoms with Gasteiger partial charge in [0, 0.05) is 30.2 Å². The number of amides is 3. The van der Waals surface area contributed by atoms with E-state index >= 15 is 0 Å². The van der Waals surface area contributed by atoms with Crippen molar-refractivity contribution in [3.8, 4) is 0 Å². The van der Waals surface area contributed by atoms with Crippen LogP contribution in [0.5, 0.6) is 0 Å². The Balaban J connectivity index is 1.80. The van der Waals surface area contributed by atoms with Crippen molar-refractivity contribution in [1.82, 2.24) is 10.4 Å². The summed E-state index contributed by atoms with van der Waals surface area (Å²) in [6.45, 7) is 3.98. The van der Waals surface area contributed by atoms with Crippen molar-refractivity contribution in [2.75, 3.05) is 16.1 Å². The highest BCUT2D eigenvalue weighted by molar-refractivity contribution is 5.92. The van der Waals surface area contributed by atoms with Gasteiger partial charge in [0.05, 0.1) is 5.69 Å². The molecular weight excluding hydrogens is 306 g/mol. The zero-order valence-electron chi connectivity index (χ0n) is 13.7. The van der Waals surface area contributed by atoms with Gasteiger partial charge in [-0.15, -0.1) is 0 Å². The lowest BCUT2D eigenvalue weighted by Gasteiger charge is -2.11. The lowest BCUT2D eigenvalue weighted by Crippen LogP contribution is -2.33. The summed E-state index contributed by atoms with van der Waals surface area (Å²) in [4.78, 5) is 27.4. The van der Waals surface area contributed by atoms with E-state index in [0.29, 0.717) is 23.7 Å². The second kappa shape index (κ2) is 8.52. The number of carbonyl (C=O) groups is 2. The zero-order chi connectivity index (χ0) is 17.4. The first-order chi connectivity index (χ1) is 11.5. The Kier molecular flexibility index (Phi) is 6.13. The molecule has 0 atom stereocenters. The number of nitrogens with one attached hydrogen (secondary N) is 4. The number of rotatable bonds is 6. The van der Waals surface area contributed by atoms with Crippen LogP contribution in [0.15, 0.2) is 48.8 Å². The smallest absolute Gasteiger partial charge is 0.326 e. The van der Waals surface area contributed by atoms with Crippen LogP contribution in [0.3, 0.4) is 0 Å². The highest BCUT2D eigenvalue weighted by atomic mass is 16.2. The Hall–Kier alpha value is -3.09. The molecule has 1 heterocycles. The number of carbonyl (C=O) groups excluding carboxylic acids is 2. The monoisotopic (exact) mass is 327 g/mol. The van der Waals surface area contributed by atoms with Gasteiger partial charge < -0.3 is 10.6 Å². The van der Waals surface area contributed by atoms with E-state index in [2.05, 4.69) is 26.5 Å². The summed E-state index contributed by atoms with van der Waals surface area (Å²) in [5.41, 5.74) is 7.32. The lowest BCUT2D eigenvalue weighted by atomic mass is 10.1. The molecule has 1 aromatic carbocycles. The third-order valence-electron chi connectivity index (χ3n) is 3.02. The minimum Gasteiger partial charge on any atom is -0.326 e. The van der Waals surface area contributed by atoms with Gasteiger partial charge in [-0.3, -0.25) is 20.6 Å². The number of anilines is 3. The van der Waals surface area contributed by atoms with Crippen molar-refractivity contribution in [1.29, 1.82) is 0 Å². The Labute approximate surface area is 140 Å². The topological polar surface area (TPSA) is 95.2 Å². The van der Waals surface area contributed by atoms with Crippen molar-refractivity contribution in [3.05, 3.63) is 48.8 Å². The molecule has 0 radical (unpaired) electrons. The predicted molar refractivity (Wildman–Crippen MR) is 94.5 cm³/mol. The van der Waals surface area contributed by atoms with Crippen molar-refractivity contribution < 1.29 is 9.59 Å². The summed E-state index contributed by atoms with van der Waals surface area (Å²) < 4.78 is 0. The van der Waals surface area contributed by atoms with E-state index in [4.69, 9.17) is 0 Å². The quantitative estimate of drug-likeness (QED) is 0.613. The predicted octanol–water partition coefficient (Wildman–Crippen LogP) is 3.21. The first kappa shape index (κ1) is 17.3. The number of pyridine rings is 1. The van der Waals surface area contributed by atoms with Crippen molar-refractivity contribution in [2.24, 2.45) is 5.92 Å². The summed E-state index contributed by atoms with van der Waals surface area (Å²) >= 11 is 0. The van der Waals surface area contributed by atoms with Gasteiger partial charge in [-0.25, -0.2) is 4.79 Å². The highest BCUT2D eigenvalue weighted by Gasteiger charge is 2.06. The average Bonchev–Trinajstić information content (AvgIpc) is 2.55. The number of hydrazine groups is 1. The van der Waals surface area contributed by atoms with E-state index in [1.807, 2.05) is 13.8 Å². The largest absolute Gasteiger partial charge is 0.337 e. The van der Waals surface area contributed by atoms with Crippen molar-refractivity contribution in [3.63, 3.8) is 0 Å². The van der Waals surface area contributed by atoms with Crippen LogP contribution in [0.4, 0.5) is 21.9 Å². The molecule has 2 rings (SSSR count). The third kappa shape index (κ3) is 5.96. The Morgan fingerprint density at radius 1 is 0.917 bits per heavy atom. The van der Waals surface area contributed by atoms with E-state index in [1.165, 1.54) is 0 Å². The van der Waals surface area contributed by atoms with Gasteiger partial charge in [-0.05, 0) is 42.3 Å². The van der Waals surface area contributed by atoms with Crippen LogP contribution in [0.25, 0.3) is 0 Å². The molecule has 0 bridgehead atoms.